The number of amides is 5. The number of hydrogen-bond acceptors (Lipinski definition) is 5. The zero-order chi connectivity index (χ0) is 27.6. The van der Waals surface area contributed by atoms with Crippen LogP contribution < -0.4 is 10.6 Å². The van der Waals surface area contributed by atoms with Crippen LogP contribution in [0.5, 0.6) is 0 Å². The maximum absolute atomic E-state index is 13.9. The smallest absolute Gasteiger partial charge is 0.247 e. The van der Waals surface area contributed by atoms with Gasteiger partial charge in [-0.3, -0.25) is 24.0 Å². The lowest BCUT2D eigenvalue weighted by molar-refractivity contribution is -0.152. The molecule has 0 aliphatic carbocycles. The molecule has 4 rings (SSSR count). The summed E-state index contributed by atoms with van der Waals surface area (Å²) in [6.45, 7) is 4.85. The highest BCUT2D eigenvalue weighted by molar-refractivity contribution is 6.05. The lowest BCUT2D eigenvalue weighted by Gasteiger charge is -2.41. The maximum atomic E-state index is 13.9. The van der Waals surface area contributed by atoms with Crippen LogP contribution in [-0.4, -0.2) is 82.1 Å². The van der Waals surface area contributed by atoms with Gasteiger partial charge < -0.3 is 25.3 Å². The topological polar surface area (TPSA) is 119 Å². The van der Waals surface area contributed by atoms with E-state index in [1.807, 2.05) is 42.5 Å². The molecule has 38 heavy (non-hydrogen) atoms. The molecule has 2 aliphatic heterocycles. The largest absolute Gasteiger partial charge is 0.343 e. The van der Waals surface area contributed by atoms with E-state index >= 15 is 0 Å². The Balaban J connectivity index is 1.60. The van der Waals surface area contributed by atoms with E-state index in [1.54, 1.807) is 11.8 Å². The van der Waals surface area contributed by atoms with Crippen molar-refractivity contribution >= 4 is 46.0 Å². The molecular weight excluding hydrogens is 486 g/mol. The third-order valence-corrected chi connectivity index (χ3v) is 7.69. The molecule has 0 saturated carbocycles. The SMILES string of the molecule is CC(=O)N1CCC[C@H](NC(=O)[C@H](C)N(C)C(C)=O)C(=O)N2C(C(=O)Nc3cccc4ccccc34)CCC12. The standard InChI is InChI=1S/C28H35N5O5/c1-17(31(4)18(2)34)26(36)30-23-13-8-16-32(19(3)35)25-15-14-24(33(25)28(23)38)27(37)29-22-12-7-10-20-9-5-6-11-21(20)22/h5-7,9-12,17,23-25H,8,13-16H2,1-4H3,(H,29,37)(H,30,36)/t17-,23-,24?,25?/m0/s1. The number of hydrogen-bond donors (Lipinski definition) is 2. The second-order valence-electron chi connectivity index (χ2n) is 10.1. The van der Waals surface area contributed by atoms with Gasteiger partial charge in [-0.2, -0.15) is 0 Å². The number of likely N-dealkylation sites (N-methyl/N-ethyl adjacent to an activating group) is 1. The number of rotatable bonds is 5. The van der Waals surface area contributed by atoms with Gasteiger partial charge in [0.1, 0.15) is 24.3 Å². The first-order valence-corrected chi connectivity index (χ1v) is 13.0. The zero-order valence-electron chi connectivity index (χ0n) is 22.3. The van der Waals surface area contributed by atoms with E-state index in [4.69, 9.17) is 0 Å². The van der Waals surface area contributed by atoms with Crippen molar-refractivity contribution in [3.63, 3.8) is 0 Å². The molecule has 2 aromatic rings. The van der Waals surface area contributed by atoms with Crippen molar-refractivity contribution in [2.24, 2.45) is 0 Å². The van der Waals surface area contributed by atoms with E-state index in [-0.39, 0.29) is 17.7 Å². The lowest BCUT2D eigenvalue weighted by Crippen LogP contribution is -2.61. The minimum atomic E-state index is -0.868. The molecule has 2 unspecified atom stereocenters. The zero-order valence-corrected chi connectivity index (χ0v) is 22.3. The van der Waals surface area contributed by atoms with Gasteiger partial charge in [-0.15, -0.1) is 0 Å². The van der Waals surface area contributed by atoms with Crippen molar-refractivity contribution in [2.75, 3.05) is 18.9 Å². The summed E-state index contributed by atoms with van der Waals surface area (Å²) in [7, 11) is 1.53. The third-order valence-electron chi connectivity index (χ3n) is 7.69. The summed E-state index contributed by atoms with van der Waals surface area (Å²) in [4.78, 5) is 69.1. The van der Waals surface area contributed by atoms with Gasteiger partial charge in [0.2, 0.25) is 29.5 Å². The first kappa shape index (κ1) is 27.1. The summed E-state index contributed by atoms with van der Waals surface area (Å²) < 4.78 is 0. The molecule has 202 valence electrons. The quantitative estimate of drug-likeness (QED) is 0.625. The van der Waals surface area contributed by atoms with E-state index in [1.165, 1.54) is 30.7 Å². The second kappa shape index (κ2) is 11.2. The van der Waals surface area contributed by atoms with Crippen molar-refractivity contribution < 1.29 is 24.0 Å². The number of nitrogens with one attached hydrogen (secondary N) is 2. The number of benzene rings is 2. The van der Waals surface area contributed by atoms with E-state index in [2.05, 4.69) is 10.6 Å². The average Bonchev–Trinajstić information content (AvgIpc) is 3.32. The van der Waals surface area contributed by atoms with Gasteiger partial charge in [-0.1, -0.05) is 36.4 Å². The predicted molar refractivity (Wildman–Crippen MR) is 143 cm³/mol. The van der Waals surface area contributed by atoms with Crippen molar-refractivity contribution in [2.45, 2.75) is 70.7 Å². The first-order valence-electron chi connectivity index (χ1n) is 13.0. The first-order chi connectivity index (χ1) is 18.1. The molecule has 2 fully saturated rings. The van der Waals surface area contributed by atoms with Crippen LogP contribution in [-0.2, 0) is 24.0 Å². The van der Waals surface area contributed by atoms with E-state index in [9.17, 15) is 24.0 Å². The minimum Gasteiger partial charge on any atom is -0.343 e. The van der Waals surface area contributed by atoms with Gasteiger partial charge in [0.05, 0.1) is 0 Å². The second-order valence-corrected chi connectivity index (χ2v) is 10.1. The Morgan fingerprint density at radius 3 is 2.42 bits per heavy atom. The van der Waals surface area contributed by atoms with Crippen LogP contribution in [0.3, 0.4) is 0 Å². The molecule has 2 aliphatic rings. The summed E-state index contributed by atoms with van der Waals surface area (Å²) >= 11 is 0. The highest BCUT2D eigenvalue weighted by Crippen LogP contribution is 2.32. The maximum Gasteiger partial charge on any atom is 0.247 e. The molecule has 0 bridgehead atoms. The average molecular weight is 522 g/mol. The number of nitrogens with zero attached hydrogens (tertiary/aromatic N) is 3. The predicted octanol–water partition coefficient (Wildman–Crippen LogP) is 2.09. The highest BCUT2D eigenvalue weighted by Gasteiger charge is 2.47. The molecule has 10 nitrogen and oxygen atoms in total. The Hall–Kier alpha value is -3.95. The Labute approximate surface area is 222 Å². The molecule has 2 aromatic carbocycles. The summed E-state index contributed by atoms with van der Waals surface area (Å²) in [6.07, 6.45) is 1.11. The van der Waals surface area contributed by atoms with E-state index in [0.29, 0.717) is 37.9 Å². The summed E-state index contributed by atoms with van der Waals surface area (Å²) in [5.41, 5.74) is 0.644. The Morgan fingerprint density at radius 2 is 1.71 bits per heavy atom. The van der Waals surface area contributed by atoms with E-state index in [0.717, 1.165) is 10.8 Å². The third kappa shape index (κ3) is 5.34. The fourth-order valence-corrected chi connectivity index (χ4v) is 5.37. The van der Waals surface area contributed by atoms with Crippen LogP contribution in [0.4, 0.5) is 5.69 Å². The highest BCUT2D eigenvalue weighted by atomic mass is 16.2. The molecule has 5 amide bonds. The van der Waals surface area contributed by atoms with Crippen molar-refractivity contribution in [3.8, 4) is 0 Å². The van der Waals surface area contributed by atoms with Crippen LogP contribution in [0.1, 0.15) is 46.5 Å². The van der Waals surface area contributed by atoms with Crippen LogP contribution in [0.15, 0.2) is 42.5 Å². The monoisotopic (exact) mass is 521 g/mol. The van der Waals surface area contributed by atoms with E-state index < -0.39 is 36.1 Å². The van der Waals surface area contributed by atoms with Gasteiger partial charge in [0.15, 0.2) is 0 Å². The molecule has 4 atom stereocenters. The lowest BCUT2D eigenvalue weighted by atomic mass is 10.1. The fraction of sp³-hybridized carbons (Fsp3) is 0.464. The summed E-state index contributed by atoms with van der Waals surface area (Å²) in [5.74, 6) is -1.61. The Kier molecular flexibility index (Phi) is 7.99. The molecule has 2 saturated heterocycles. The molecule has 0 radical (unpaired) electrons. The Morgan fingerprint density at radius 1 is 1.00 bits per heavy atom. The fourth-order valence-electron chi connectivity index (χ4n) is 5.37. The Bertz CT molecular complexity index is 1260. The van der Waals surface area contributed by atoms with Gasteiger partial charge in [0, 0.05) is 38.5 Å². The van der Waals surface area contributed by atoms with Crippen LogP contribution >= 0.6 is 0 Å². The van der Waals surface area contributed by atoms with Crippen molar-refractivity contribution in [1.82, 2.24) is 20.0 Å². The number of fused-ring (bicyclic) bond motifs is 2. The minimum absolute atomic E-state index is 0.165. The molecule has 0 aromatic heterocycles. The summed E-state index contributed by atoms with van der Waals surface area (Å²) in [5, 5.41) is 7.66. The molecule has 10 heteroatoms. The van der Waals surface area contributed by atoms with Crippen molar-refractivity contribution in [1.29, 1.82) is 0 Å². The molecule has 2 N–H and O–H groups in total. The van der Waals surface area contributed by atoms with Gasteiger partial charge in [-0.05, 0) is 44.1 Å². The van der Waals surface area contributed by atoms with Gasteiger partial charge >= 0.3 is 0 Å². The van der Waals surface area contributed by atoms with Crippen LogP contribution in [0.2, 0.25) is 0 Å². The molecule has 0 spiro atoms. The number of anilines is 1. The van der Waals surface area contributed by atoms with Crippen LogP contribution in [0.25, 0.3) is 10.8 Å². The van der Waals surface area contributed by atoms with Crippen molar-refractivity contribution in [3.05, 3.63) is 42.5 Å². The number of carbonyl (C=O) groups is 5. The number of carbonyl (C=O) groups excluding carboxylic acids is 5. The van der Waals surface area contributed by atoms with Gasteiger partial charge in [0.25, 0.3) is 0 Å². The summed E-state index contributed by atoms with van der Waals surface area (Å²) in [6, 6.07) is 10.9. The molecule has 2 heterocycles. The van der Waals surface area contributed by atoms with Crippen LogP contribution in [0, 0.1) is 0 Å². The normalized spacial score (nSPS) is 22.2. The molecular formula is C28H35N5O5. The van der Waals surface area contributed by atoms with Gasteiger partial charge in [-0.25, -0.2) is 0 Å².